The lowest BCUT2D eigenvalue weighted by Gasteiger charge is -2.44. The van der Waals surface area contributed by atoms with Gasteiger partial charge in [0.05, 0.1) is 18.2 Å². The van der Waals surface area contributed by atoms with E-state index in [1.165, 1.54) is 6.92 Å². The standard InChI is InChI=1S/C11H21NO4S/c1-6-9(12-7(2)13)11(15-4)10(14-3)8(5-17)16-6/h6,8-11,17H,5H2,1-4H3,(H,12,13)/t6?,8-,9+,10+,11-/m1/s1. The first-order valence-electron chi connectivity index (χ1n) is 5.64. The van der Waals surface area contributed by atoms with Gasteiger partial charge in [0.25, 0.3) is 0 Å². The van der Waals surface area contributed by atoms with Crippen molar-refractivity contribution in [1.29, 1.82) is 0 Å². The molecule has 0 spiro atoms. The third-order valence-electron chi connectivity index (χ3n) is 3.03. The molecular weight excluding hydrogens is 242 g/mol. The average molecular weight is 263 g/mol. The van der Waals surface area contributed by atoms with Crippen LogP contribution >= 0.6 is 12.6 Å². The molecule has 1 saturated heterocycles. The fourth-order valence-corrected chi connectivity index (χ4v) is 2.56. The molecule has 1 heterocycles. The van der Waals surface area contributed by atoms with E-state index in [0.29, 0.717) is 5.75 Å². The van der Waals surface area contributed by atoms with Gasteiger partial charge >= 0.3 is 0 Å². The molecule has 1 fully saturated rings. The van der Waals surface area contributed by atoms with Gasteiger partial charge in [0.15, 0.2) is 0 Å². The lowest BCUT2D eigenvalue weighted by Crippen LogP contribution is -2.63. The van der Waals surface area contributed by atoms with Crippen LogP contribution in [0.5, 0.6) is 0 Å². The van der Waals surface area contributed by atoms with Crippen LogP contribution in [0.1, 0.15) is 13.8 Å². The summed E-state index contributed by atoms with van der Waals surface area (Å²) in [6.07, 6.45) is -0.726. The summed E-state index contributed by atoms with van der Waals surface area (Å²) in [6.45, 7) is 3.39. The van der Waals surface area contributed by atoms with Crippen molar-refractivity contribution in [1.82, 2.24) is 5.32 Å². The molecule has 1 unspecified atom stereocenters. The van der Waals surface area contributed by atoms with Crippen molar-refractivity contribution in [3.63, 3.8) is 0 Å². The molecule has 1 aliphatic heterocycles. The third-order valence-corrected chi connectivity index (χ3v) is 3.39. The summed E-state index contributed by atoms with van der Waals surface area (Å²) in [5, 5.41) is 2.85. The van der Waals surface area contributed by atoms with Crippen LogP contribution in [0.15, 0.2) is 0 Å². The number of ether oxygens (including phenoxy) is 3. The van der Waals surface area contributed by atoms with Gasteiger partial charge < -0.3 is 19.5 Å². The minimum atomic E-state index is -0.232. The number of hydrogen-bond acceptors (Lipinski definition) is 5. The van der Waals surface area contributed by atoms with Gasteiger partial charge in [-0.3, -0.25) is 4.79 Å². The number of hydrogen-bond donors (Lipinski definition) is 2. The molecule has 0 aromatic rings. The Balaban J connectivity index is 2.86. The Labute approximate surface area is 108 Å². The first-order valence-corrected chi connectivity index (χ1v) is 6.27. The van der Waals surface area contributed by atoms with E-state index in [2.05, 4.69) is 17.9 Å². The highest BCUT2D eigenvalue weighted by Gasteiger charge is 2.44. The van der Waals surface area contributed by atoms with Crippen LogP contribution in [0.3, 0.4) is 0 Å². The van der Waals surface area contributed by atoms with E-state index >= 15 is 0 Å². The molecule has 100 valence electrons. The normalized spacial score (nSPS) is 37.8. The second-order valence-electron chi connectivity index (χ2n) is 4.19. The van der Waals surface area contributed by atoms with Crippen molar-refractivity contribution in [3.05, 3.63) is 0 Å². The number of thiol groups is 1. The maximum atomic E-state index is 11.2. The minimum Gasteiger partial charge on any atom is -0.376 e. The van der Waals surface area contributed by atoms with Crippen LogP contribution in [-0.4, -0.2) is 56.3 Å². The third kappa shape index (κ3) is 3.34. The van der Waals surface area contributed by atoms with Crippen LogP contribution in [0.2, 0.25) is 0 Å². The van der Waals surface area contributed by atoms with Gasteiger partial charge in [-0.1, -0.05) is 0 Å². The Morgan fingerprint density at radius 1 is 1.35 bits per heavy atom. The van der Waals surface area contributed by atoms with E-state index in [4.69, 9.17) is 14.2 Å². The zero-order chi connectivity index (χ0) is 13.0. The first-order chi connectivity index (χ1) is 8.04. The van der Waals surface area contributed by atoms with Crippen molar-refractivity contribution < 1.29 is 19.0 Å². The van der Waals surface area contributed by atoms with E-state index in [-0.39, 0.29) is 36.4 Å². The van der Waals surface area contributed by atoms with E-state index in [0.717, 1.165) is 0 Å². The molecule has 0 radical (unpaired) electrons. The van der Waals surface area contributed by atoms with Gasteiger partial charge in [0.2, 0.25) is 5.91 Å². The molecule has 0 aliphatic carbocycles. The number of nitrogens with one attached hydrogen (secondary N) is 1. The van der Waals surface area contributed by atoms with Crippen molar-refractivity contribution in [2.75, 3.05) is 20.0 Å². The van der Waals surface area contributed by atoms with Crippen LogP contribution in [0.4, 0.5) is 0 Å². The fraction of sp³-hybridized carbons (Fsp3) is 0.909. The van der Waals surface area contributed by atoms with Crippen LogP contribution in [0, 0.1) is 0 Å². The SMILES string of the molecule is CO[C@@H]1[C@H](OC)[C@@H](NC(C)=O)C(C)O[C@@H]1CS. The zero-order valence-electron chi connectivity index (χ0n) is 10.7. The zero-order valence-corrected chi connectivity index (χ0v) is 11.6. The Morgan fingerprint density at radius 2 is 1.94 bits per heavy atom. The molecule has 1 N–H and O–H groups in total. The van der Waals surface area contributed by atoms with E-state index in [1.54, 1.807) is 14.2 Å². The van der Waals surface area contributed by atoms with Crippen molar-refractivity contribution >= 4 is 18.5 Å². The van der Waals surface area contributed by atoms with E-state index in [1.807, 2.05) is 6.92 Å². The van der Waals surface area contributed by atoms with Crippen LogP contribution in [0.25, 0.3) is 0 Å². The molecule has 17 heavy (non-hydrogen) atoms. The Kier molecular flexibility index (Phi) is 5.72. The first kappa shape index (κ1) is 14.8. The van der Waals surface area contributed by atoms with E-state index in [9.17, 15) is 4.79 Å². The number of rotatable bonds is 4. The summed E-state index contributed by atoms with van der Waals surface area (Å²) in [7, 11) is 3.22. The average Bonchev–Trinajstić information content (AvgIpc) is 2.30. The summed E-state index contributed by atoms with van der Waals surface area (Å²) in [5.41, 5.74) is 0. The predicted molar refractivity (Wildman–Crippen MR) is 67.4 cm³/mol. The molecule has 1 amide bonds. The van der Waals surface area contributed by atoms with Crippen LogP contribution < -0.4 is 5.32 Å². The van der Waals surface area contributed by atoms with E-state index < -0.39 is 0 Å². The van der Waals surface area contributed by atoms with Crippen molar-refractivity contribution in [3.8, 4) is 0 Å². The van der Waals surface area contributed by atoms with Gasteiger partial charge in [0, 0.05) is 26.9 Å². The molecule has 1 rings (SSSR count). The van der Waals surface area contributed by atoms with Gasteiger partial charge in [-0.15, -0.1) is 0 Å². The van der Waals surface area contributed by atoms with Crippen LogP contribution in [-0.2, 0) is 19.0 Å². The Morgan fingerprint density at radius 3 is 2.35 bits per heavy atom. The molecular formula is C11H21NO4S. The monoisotopic (exact) mass is 263 g/mol. The summed E-state index contributed by atoms with van der Waals surface area (Å²) < 4.78 is 16.7. The number of amides is 1. The van der Waals surface area contributed by atoms with Gasteiger partial charge in [-0.05, 0) is 6.92 Å². The maximum absolute atomic E-state index is 11.2. The van der Waals surface area contributed by atoms with Gasteiger partial charge in [-0.25, -0.2) is 0 Å². The quantitative estimate of drug-likeness (QED) is 0.713. The lowest BCUT2D eigenvalue weighted by atomic mass is 9.93. The number of carbonyl (C=O) groups excluding carboxylic acids is 1. The smallest absolute Gasteiger partial charge is 0.217 e. The molecule has 1 aliphatic rings. The summed E-state index contributed by atoms with van der Waals surface area (Å²) in [5.74, 6) is 0.446. The predicted octanol–water partition coefficient (Wildman–Crippen LogP) is 0.238. The topological polar surface area (TPSA) is 56.8 Å². The molecule has 5 nitrogen and oxygen atoms in total. The molecule has 5 atom stereocenters. The summed E-state index contributed by atoms with van der Waals surface area (Å²) >= 11 is 4.25. The lowest BCUT2D eigenvalue weighted by molar-refractivity contribution is -0.190. The molecule has 0 aromatic carbocycles. The minimum absolute atomic E-state index is 0.105. The highest BCUT2D eigenvalue weighted by atomic mass is 32.1. The second kappa shape index (κ2) is 6.58. The maximum Gasteiger partial charge on any atom is 0.217 e. The van der Waals surface area contributed by atoms with Gasteiger partial charge in [0.1, 0.15) is 12.2 Å². The number of methoxy groups -OCH3 is 2. The summed E-state index contributed by atoms with van der Waals surface area (Å²) in [6, 6.07) is -0.210. The van der Waals surface area contributed by atoms with Crippen molar-refractivity contribution in [2.24, 2.45) is 0 Å². The largest absolute Gasteiger partial charge is 0.376 e. The second-order valence-corrected chi connectivity index (χ2v) is 4.55. The fourth-order valence-electron chi connectivity index (χ4n) is 2.27. The highest BCUT2D eigenvalue weighted by molar-refractivity contribution is 7.80. The molecule has 0 bridgehead atoms. The Hall–Kier alpha value is -0.300. The van der Waals surface area contributed by atoms with Gasteiger partial charge in [-0.2, -0.15) is 12.6 Å². The molecule has 0 saturated carbocycles. The molecule has 0 aromatic heterocycles. The highest BCUT2D eigenvalue weighted by Crippen LogP contribution is 2.25. The van der Waals surface area contributed by atoms with Crippen molar-refractivity contribution in [2.45, 2.75) is 44.3 Å². The number of carbonyl (C=O) groups is 1. The molecule has 6 heteroatoms. The Bertz CT molecular complexity index is 264. The summed E-state index contributed by atoms with van der Waals surface area (Å²) in [4.78, 5) is 11.2.